The fourth-order valence-corrected chi connectivity index (χ4v) is 5.39. The fraction of sp³-hybridized carbons (Fsp3) is 0.304. The van der Waals surface area contributed by atoms with E-state index in [2.05, 4.69) is 10.6 Å². The smallest absolute Gasteiger partial charge is 0.257 e. The molecule has 150 valence electrons. The maximum Gasteiger partial charge on any atom is 0.257 e. The van der Waals surface area contributed by atoms with Crippen molar-refractivity contribution in [2.24, 2.45) is 5.92 Å². The second kappa shape index (κ2) is 9.06. The summed E-state index contributed by atoms with van der Waals surface area (Å²) >= 11 is 7.81. The zero-order valence-electron chi connectivity index (χ0n) is 15.9. The summed E-state index contributed by atoms with van der Waals surface area (Å²) in [5.74, 6) is -0.0928. The van der Waals surface area contributed by atoms with Gasteiger partial charge in [-0.15, -0.1) is 11.8 Å². The van der Waals surface area contributed by atoms with Crippen LogP contribution >= 0.6 is 23.4 Å². The molecule has 3 unspecified atom stereocenters. The van der Waals surface area contributed by atoms with Crippen LogP contribution in [-0.2, 0) is 16.1 Å². The van der Waals surface area contributed by atoms with Crippen molar-refractivity contribution in [2.75, 3.05) is 0 Å². The van der Waals surface area contributed by atoms with E-state index >= 15 is 0 Å². The van der Waals surface area contributed by atoms with E-state index < -0.39 is 0 Å². The van der Waals surface area contributed by atoms with Gasteiger partial charge in [0.1, 0.15) is 0 Å². The lowest BCUT2D eigenvalue weighted by atomic mass is 9.84. The van der Waals surface area contributed by atoms with E-state index in [1.807, 2.05) is 60.7 Å². The Kier molecular flexibility index (Phi) is 6.26. The van der Waals surface area contributed by atoms with Gasteiger partial charge < -0.3 is 10.6 Å². The van der Waals surface area contributed by atoms with Gasteiger partial charge in [0, 0.05) is 28.8 Å². The minimum absolute atomic E-state index is 0.0326. The molecule has 1 saturated heterocycles. The second-order valence-corrected chi connectivity index (χ2v) is 9.16. The highest BCUT2D eigenvalue weighted by atomic mass is 35.5. The van der Waals surface area contributed by atoms with Gasteiger partial charge in [-0.05, 0) is 42.5 Å². The molecule has 4 rings (SSSR count). The van der Waals surface area contributed by atoms with Crippen LogP contribution in [0.4, 0.5) is 0 Å². The molecule has 2 fully saturated rings. The number of rotatable bonds is 4. The van der Waals surface area contributed by atoms with Crippen LogP contribution in [-0.4, -0.2) is 23.1 Å². The number of fused-ring (bicyclic) bond motifs is 1. The number of benzene rings is 2. The van der Waals surface area contributed by atoms with Gasteiger partial charge in [-0.3, -0.25) is 9.59 Å². The molecule has 1 aliphatic heterocycles. The van der Waals surface area contributed by atoms with Crippen molar-refractivity contribution in [3.8, 4) is 0 Å². The monoisotopic (exact) mass is 426 g/mol. The molecule has 1 saturated carbocycles. The summed E-state index contributed by atoms with van der Waals surface area (Å²) in [5, 5.41) is 7.10. The third kappa shape index (κ3) is 4.85. The Labute approximate surface area is 180 Å². The Balaban J connectivity index is 1.35. The maximum absolute atomic E-state index is 12.7. The zero-order chi connectivity index (χ0) is 20.2. The summed E-state index contributed by atoms with van der Waals surface area (Å²) in [7, 11) is 0. The Bertz CT molecular complexity index is 931. The summed E-state index contributed by atoms with van der Waals surface area (Å²) < 4.78 is 0. The van der Waals surface area contributed by atoms with Crippen molar-refractivity contribution >= 4 is 41.3 Å². The highest BCUT2D eigenvalue weighted by Gasteiger charge is 2.39. The number of hydrogen-bond donors (Lipinski definition) is 2. The number of nitrogens with one attached hydrogen (secondary N) is 2. The molecule has 1 aliphatic carbocycles. The van der Waals surface area contributed by atoms with Crippen molar-refractivity contribution in [3.63, 3.8) is 0 Å². The van der Waals surface area contributed by atoms with Gasteiger partial charge in [-0.2, -0.15) is 0 Å². The summed E-state index contributed by atoms with van der Waals surface area (Å²) in [6.45, 7) is 0.425. The predicted molar refractivity (Wildman–Crippen MR) is 118 cm³/mol. The quantitative estimate of drug-likeness (QED) is 0.712. The molecule has 2 amide bonds. The standard InChI is InChI=1S/C23H23ClN2O2S/c24-18-9-5-4-8-17(18)14-25-22(27)16-10-11-20-19(13-16)26-23(28)21(29-20)12-15-6-2-1-3-7-15/h1-9,12,16,19-20H,10-11,13-14H2,(H,25,27)(H,26,28)/b21-12-. The number of carbonyl (C=O) groups is 2. The Morgan fingerprint density at radius 2 is 1.90 bits per heavy atom. The SMILES string of the molecule is O=C1NC2CC(C(=O)NCc3ccccc3Cl)CCC2S/C1=C\c1ccccc1. The number of carbonyl (C=O) groups excluding carboxylic acids is 2. The van der Waals surface area contributed by atoms with E-state index in [4.69, 9.17) is 11.6 Å². The average Bonchev–Trinajstić information content (AvgIpc) is 2.74. The molecule has 4 nitrogen and oxygen atoms in total. The van der Waals surface area contributed by atoms with Gasteiger partial charge in [0.2, 0.25) is 5.91 Å². The number of amides is 2. The van der Waals surface area contributed by atoms with Crippen molar-refractivity contribution in [1.82, 2.24) is 10.6 Å². The maximum atomic E-state index is 12.7. The molecular formula is C23H23ClN2O2S. The van der Waals surface area contributed by atoms with Crippen LogP contribution in [0.1, 0.15) is 30.4 Å². The van der Waals surface area contributed by atoms with E-state index in [9.17, 15) is 9.59 Å². The first-order valence-electron chi connectivity index (χ1n) is 9.85. The first kappa shape index (κ1) is 20.0. The van der Waals surface area contributed by atoms with Gasteiger partial charge in [0.25, 0.3) is 5.91 Å². The van der Waals surface area contributed by atoms with Crippen LogP contribution in [0, 0.1) is 5.92 Å². The van der Waals surface area contributed by atoms with Gasteiger partial charge in [-0.25, -0.2) is 0 Å². The van der Waals surface area contributed by atoms with E-state index in [0.29, 0.717) is 23.2 Å². The molecular weight excluding hydrogens is 404 g/mol. The van der Waals surface area contributed by atoms with Crippen LogP contribution < -0.4 is 10.6 Å². The van der Waals surface area contributed by atoms with Crippen molar-refractivity contribution < 1.29 is 9.59 Å². The van der Waals surface area contributed by atoms with Gasteiger partial charge >= 0.3 is 0 Å². The number of hydrogen-bond acceptors (Lipinski definition) is 3. The zero-order valence-corrected chi connectivity index (χ0v) is 17.5. The van der Waals surface area contributed by atoms with E-state index in [1.54, 1.807) is 11.8 Å². The van der Waals surface area contributed by atoms with Crippen molar-refractivity contribution in [3.05, 3.63) is 75.7 Å². The molecule has 1 heterocycles. The van der Waals surface area contributed by atoms with Crippen LogP contribution in [0.2, 0.25) is 5.02 Å². The minimum atomic E-state index is -0.0840. The highest BCUT2D eigenvalue weighted by Crippen LogP contribution is 2.40. The van der Waals surface area contributed by atoms with E-state index in [1.165, 1.54) is 0 Å². The topological polar surface area (TPSA) is 58.2 Å². The lowest BCUT2D eigenvalue weighted by Gasteiger charge is -2.39. The second-order valence-electron chi connectivity index (χ2n) is 7.47. The summed E-state index contributed by atoms with van der Waals surface area (Å²) in [5.41, 5.74) is 1.93. The lowest BCUT2D eigenvalue weighted by Crippen LogP contribution is -2.51. The number of halogens is 1. The molecule has 2 aliphatic rings. The summed E-state index contributed by atoms with van der Waals surface area (Å²) in [6, 6.07) is 17.4. The van der Waals surface area contributed by atoms with Crippen LogP contribution in [0.5, 0.6) is 0 Å². The molecule has 2 N–H and O–H groups in total. The van der Waals surface area contributed by atoms with Gasteiger partial charge in [-0.1, -0.05) is 60.1 Å². The minimum Gasteiger partial charge on any atom is -0.352 e. The highest BCUT2D eigenvalue weighted by molar-refractivity contribution is 8.04. The van der Waals surface area contributed by atoms with E-state index in [-0.39, 0.29) is 23.8 Å². The summed E-state index contributed by atoms with van der Waals surface area (Å²) in [6.07, 6.45) is 4.36. The number of thioether (sulfide) groups is 1. The normalized spacial score (nSPS) is 25.2. The van der Waals surface area contributed by atoms with Crippen molar-refractivity contribution in [2.45, 2.75) is 37.1 Å². The lowest BCUT2D eigenvalue weighted by molar-refractivity contribution is -0.127. The molecule has 0 bridgehead atoms. The van der Waals surface area contributed by atoms with Crippen LogP contribution in [0.15, 0.2) is 59.5 Å². The first-order valence-corrected chi connectivity index (χ1v) is 11.1. The molecule has 0 radical (unpaired) electrons. The average molecular weight is 427 g/mol. The molecule has 3 atom stereocenters. The first-order chi connectivity index (χ1) is 14.1. The van der Waals surface area contributed by atoms with E-state index in [0.717, 1.165) is 28.9 Å². The molecule has 29 heavy (non-hydrogen) atoms. The largest absolute Gasteiger partial charge is 0.352 e. The molecule has 2 aromatic carbocycles. The van der Waals surface area contributed by atoms with Crippen molar-refractivity contribution in [1.29, 1.82) is 0 Å². The third-order valence-corrected chi connectivity index (χ3v) is 7.28. The predicted octanol–water partition coefficient (Wildman–Crippen LogP) is 4.40. The van der Waals surface area contributed by atoms with Gasteiger partial charge in [0.05, 0.1) is 4.91 Å². The fourth-order valence-electron chi connectivity index (χ4n) is 3.90. The molecule has 0 aromatic heterocycles. The Morgan fingerprint density at radius 3 is 2.69 bits per heavy atom. The van der Waals surface area contributed by atoms with Crippen LogP contribution in [0.3, 0.4) is 0 Å². The molecule has 0 spiro atoms. The Hall–Kier alpha value is -2.24. The molecule has 6 heteroatoms. The summed E-state index contributed by atoms with van der Waals surface area (Å²) in [4.78, 5) is 26.0. The van der Waals surface area contributed by atoms with Gasteiger partial charge in [0.15, 0.2) is 0 Å². The third-order valence-electron chi connectivity index (χ3n) is 5.48. The molecule has 2 aromatic rings. The Morgan fingerprint density at radius 1 is 1.14 bits per heavy atom. The van der Waals surface area contributed by atoms with Crippen LogP contribution in [0.25, 0.3) is 6.08 Å².